The van der Waals surface area contributed by atoms with Crippen LogP contribution in [0.15, 0.2) is 28.8 Å². The van der Waals surface area contributed by atoms with Gasteiger partial charge in [-0.3, -0.25) is 9.69 Å². The van der Waals surface area contributed by atoms with Crippen molar-refractivity contribution >= 4 is 11.9 Å². The minimum atomic E-state index is -1.46. The average molecular weight is 304 g/mol. The number of aryl methyl sites for hydroxylation is 1. The predicted molar refractivity (Wildman–Crippen MR) is 71.9 cm³/mol. The summed E-state index contributed by atoms with van der Waals surface area (Å²) in [6, 6.07) is 5.19. The van der Waals surface area contributed by atoms with Crippen LogP contribution in [0.1, 0.15) is 24.2 Å². The topological polar surface area (TPSA) is 88.3 Å². The number of benzene rings is 1. The molecule has 1 N–H and O–H groups in total. The molecule has 0 bridgehead atoms. The lowest BCUT2D eigenvalue weighted by atomic mass is 9.91. The molecule has 0 saturated carbocycles. The van der Waals surface area contributed by atoms with Crippen molar-refractivity contribution < 1.29 is 18.5 Å². The van der Waals surface area contributed by atoms with Crippen molar-refractivity contribution in [2.24, 2.45) is 0 Å². The minimum absolute atomic E-state index is 0.109. The van der Waals surface area contributed by atoms with Crippen molar-refractivity contribution in [3.8, 4) is 0 Å². The molecule has 1 aliphatic rings. The van der Waals surface area contributed by atoms with E-state index in [2.05, 4.69) is 15.5 Å². The van der Waals surface area contributed by atoms with Gasteiger partial charge in [0.2, 0.25) is 5.89 Å². The van der Waals surface area contributed by atoms with Crippen LogP contribution in [-0.2, 0) is 16.9 Å². The van der Waals surface area contributed by atoms with Crippen LogP contribution in [0.4, 0.5) is 9.18 Å². The van der Waals surface area contributed by atoms with Crippen LogP contribution >= 0.6 is 0 Å². The van der Waals surface area contributed by atoms with Crippen LogP contribution in [0, 0.1) is 12.7 Å². The highest BCUT2D eigenvalue weighted by molar-refractivity contribution is 6.07. The fraction of sp³-hybridized carbons (Fsp3) is 0.286. The molecule has 2 aromatic rings. The van der Waals surface area contributed by atoms with Gasteiger partial charge in [-0.1, -0.05) is 23.4 Å². The zero-order valence-electron chi connectivity index (χ0n) is 12.0. The Morgan fingerprint density at radius 1 is 1.36 bits per heavy atom. The molecule has 2 heterocycles. The van der Waals surface area contributed by atoms with Crippen molar-refractivity contribution in [2.45, 2.75) is 25.9 Å². The van der Waals surface area contributed by atoms with E-state index >= 15 is 0 Å². The predicted octanol–water partition coefficient (Wildman–Crippen LogP) is 1.48. The van der Waals surface area contributed by atoms with E-state index in [9.17, 15) is 14.0 Å². The second-order valence-corrected chi connectivity index (χ2v) is 5.16. The van der Waals surface area contributed by atoms with E-state index in [0.717, 1.165) is 4.90 Å². The molecule has 1 aromatic heterocycles. The van der Waals surface area contributed by atoms with E-state index in [-0.39, 0.29) is 18.0 Å². The standard InChI is InChI=1S/C14H13FN4O3/c1-8-16-11(22-18-8)7-19-12(20)14(2,17-13(19)21)9-5-3-4-6-10(9)15/h3-6H,7H2,1-2H3,(H,17,21). The Labute approximate surface area is 125 Å². The normalized spacial score (nSPS) is 21.3. The monoisotopic (exact) mass is 304 g/mol. The summed E-state index contributed by atoms with van der Waals surface area (Å²) in [6.07, 6.45) is 0. The lowest BCUT2D eigenvalue weighted by molar-refractivity contribution is -0.131. The molecule has 7 nitrogen and oxygen atoms in total. The molecule has 1 fully saturated rings. The first-order valence-corrected chi connectivity index (χ1v) is 6.60. The van der Waals surface area contributed by atoms with Crippen molar-refractivity contribution in [1.29, 1.82) is 0 Å². The third-order valence-corrected chi connectivity index (χ3v) is 3.55. The molecular formula is C14H13FN4O3. The molecule has 0 radical (unpaired) electrons. The van der Waals surface area contributed by atoms with Gasteiger partial charge in [-0.2, -0.15) is 4.98 Å². The maximum atomic E-state index is 14.0. The van der Waals surface area contributed by atoms with Gasteiger partial charge in [0.15, 0.2) is 5.82 Å². The van der Waals surface area contributed by atoms with Gasteiger partial charge < -0.3 is 9.84 Å². The third kappa shape index (κ3) is 2.12. The maximum absolute atomic E-state index is 14.0. The number of amides is 3. The summed E-state index contributed by atoms with van der Waals surface area (Å²) in [6.45, 7) is 2.93. The fourth-order valence-electron chi connectivity index (χ4n) is 2.43. The van der Waals surface area contributed by atoms with Crippen molar-refractivity contribution in [2.75, 3.05) is 0 Å². The molecule has 1 saturated heterocycles. The van der Waals surface area contributed by atoms with Gasteiger partial charge in [0.25, 0.3) is 5.91 Å². The molecule has 8 heteroatoms. The Morgan fingerprint density at radius 2 is 2.09 bits per heavy atom. The molecule has 3 rings (SSSR count). The molecule has 22 heavy (non-hydrogen) atoms. The summed E-state index contributed by atoms with van der Waals surface area (Å²) in [5.74, 6) is -0.592. The Bertz CT molecular complexity index is 760. The minimum Gasteiger partial charge on any atom is -0.337 e. The molecule has 1 unspecified atom stereocenters. The second kappa shape index (κ2) is 4.90. The fourth-order valence-corrected chi connectivity index (χ4v) is 2.43. The van der Waals surface area contributed by atoms with Crippen LogP contribution in [0.5, 0.6) is 0 Å². The first-order valence-electron chi connectivity index (χ1n) is 6.60. The quantitative estimate of drug-likeness (QED) is 0.868. The summed E-state index contributed by atoms with van der Waals surface area (Å²) >= 11 is 0. The number of hydrogen-bond acceptors (Lipinski definition) is 5. The van der Waals surface area contributed by atoms with E-state index in [1.54, 1.807) is 13.0 Å². The van der Waals surface area contributed by atoms with E-state index in [1.807, 2.05) is 0 Å². The highest BCUT2D eigenvalue weighted by Crippen LogP contribution is 2.31. The van der Waals surface area contributed by atoms with Gasteiger partial charge in [-0.15, -0.1) is 0 Å². The van der Waals surface area contributed by atoms with E-state index < -0.39 is 23.3 Å². The number of carbonyl (C=O) groups excluding carboxylic acids is 2. The SMILES string of the molecule is Cc1noc(CN2C(=O)NC(C)(c3ccccc3F)C2=O)n1. The highest BCUT2D eigenvalue weighted by atomic mass is 19.1. The van der Waals surface area contributed by atoms with Gasteiger partial charge in [-0.05, 0) is 19.9 Å². The number of halogens is 1. The van der Waals surface area contributed by atoms with Crippen molar-refractivity contribution in [1.82, 2.24) is 20.4 Å². The number of imide groups is 1. The maximum Gasteiger partial charge on any atom is 0.325 e. The zero-order chi connectivity index (χ0) is 15.9. The van der Waals surface area contributed by atoms with Gasteiger partial charge in [-0.25, -0.2) is 9.18 Å². The van der Waals surface area contributed by atoms with Gasteiger partial charge in [0.1, 0.15) is 17.9 Å². The number of nitrogens with one attached hydrogen (secondary N) is 1. The average Bonchev–Trinajstić information content (AvgIpc) is 2.97. The van der Waals surface area contributed by atoms with Crippen LogP contribution < -0.4 is 5.32 Å². The summed E-state index contributed by atoms with van der Waals surface area (Å²) < 4.78 is 18.9. The second-order valence-electron chi connectivity index (χ2n) is 5.16. The largest absolute Gasteiger partial charge is 0.337 e. The highest BCUT2D eigenvalue weighted by Gasteiger charge is 2.50. The smallest absolute Gasteiger partial charge is 0.325 e. The molecule has 1 aromatic carbocycles. The summed E-state index contributed by atoms with van der Waals surface area (Å²) in [5, 5.41) is 6.12. The van der Waals surface area contributed by atoms with E-state index in [0.29, 0.717) is 5.82 Å². The lowest BCUT2D eigenvalue weighted by Gasteiger charge is -2.22. The zero-order valence-corrected chi connectivity index (χ0v) is 12.0. The van der Waals surface area contributed by atoms with Crippen LogP contribution in [-0.4, -0.2) is 27.0 Å². The molecule has 0 spiro atoms. The van der Waals surface area contributed by atoms with Crippen molar-refractivity contribution in [3.63, 3.8) is 0 Å². The number of urea groups is 1. The summed E-state index contributed by atoms with van der Waals surface area (Å²) in [5.41, 5.74) is -1.35. The molecule has 1 aliphatic heterocycles. The van der Waals surface area contributed by atoms with Gasteiger partial charge in [0, 0.05) is 5.56 Å². The lowest BCUT2D eigenvalue weighted by Crippen LogP contribution is -2.41. The summed E-state index contributed by atoms with van der Waals surface area (Å²) in [4.78, 5) is 29.6. The summed E-state index contributed by atoms with van der Waals surface area (Å²) in [7, 11) is 0. The van der Waals surface area contributed by atoms with E-state index in [4.69, 9.17) is 4.52 Å². The molecule has 114 valence electrons. The number of aromatic nitrogens is 2. The number of rotatable bonds is 3. The molecule has 3 amide bonds. The first-order chi connectivity index (χ1) is 10.4. The molecule has 1 atom stereocenters. The third-order valence-electron chi connectivity index (χ3n) is 3.55. The van der Waals surface area contributed by atoms with Crippen molar-refractivity contribution in [3.05, 3.63) is 47.4 Å². The number of nitrogens with zero attached hydrogens (tertiary/aromatic N) is 3. The van der Waals surface area contributed by atoms with Crippen LogP contribution in [0.2, 0.25) is 0 Å². The molecular weight excluding hydrogens is 291 g/mol. The molecule has 0 aliphatic carbocycles. The first kappa shape index (κ1) is 14.2. The van der Waals surface area contributed by atoms with Crippen LogP contribution in [0.3, 0.4) is 0 Å². The Balaban J connectivity index is 1.92. The Hall–Kier alpha value is -2.77. The number of carbonyl (C=O) groups is 2. The Morgan fingerprint density at radius 3 is 2.73 bits per heavy atom. The van der Waals surface area contributed by atoms with Gasteiger partial charge >= 0.3 is 6.03 Å². The Kier molecular flexibility index (Phi) is 3.16. The van der Waals surface area contributed by atoms with Crippen LogP contribution in [0.25, 0.3) is 0 Å². The van der Waals surface area contributed by atoms with Gasteiger partial charge in [0.05, 0.1) is 0 Å². The number of hydrogen-bond donors (Lipinski definition) is 1. The van der Waals surface area contributed by atoms with E-state index in [1.165, 1.54) is 25.1 Å².